The van der Waals surface area contributed by atoms with E-state index in [-0.39, 0.29) is 0 Å². The maximum atomic E-state index is 4.84. The molecule has 0 atom stereocenters. The van der Waals surface area contributed by atoms with Crippen molar-refractivity contribution in [3.63, 3.8) is 0 Å². The zero-order chi connectivity index (χ0) is 35.1. The van der Waals surface area contributed by atoms with Crippen molar-refractivity contribution >= 4 is 31.9 Å². The fourth-order valence-corrected chi connectivity index (χ4v) is 3.27. The number of rotatable bonds is 0. The van der Waals surface area contributed by atoms with Crippen LogP contribution in [0, 0.1) is 96.9 Å². The van der Waals surface area contributed by atoms with E-state index < -0.39 is 0 Å². The Morgan fingerprint density at radius 1 is 0.370 bits per heavy atom. The van der Waals surface area contributed by atoms with E-state index in [2.05, 4.69) is 62.8 Å². The highest BCUT2D eigenvalue weighted by Crippen LogP contribution is 2.19. The second-order valence-electron chi connectivity index (χ2n) is 10.3. The van der Waals surface area contributed by atoms with E-state index in [0.29, 0.717) is 0 Å². The van der Waals surface area contributed by atoms with E-state index in [9.17, 15) is 0 Å². The average Bonchev–Trinajstić information content (AvgIpc) is 3.86. The molecule has 12 nitrogen and oxygen atoms in total. The van der Waals surface area contributed by atoms with Gasteiger partial charge in [0.2, 0.25) is 0 Å². The van der Waals surface area contributed by atoms with Crippen LogP contribution < -0.4 is 0 Å². The predicted octanol–water partition coefficient (Wildman–Crippen LogP) is 9.89. The second-order valence-corrected chi connectivity index (χ2v) is 11.9. The summed E-state index contributed by atoms with van der Waals surface area (Å²) in [7, 11) is 0. The molecule has 0 aromatic carbocycles. The summed E-state index contributed by atoms with van der Waals surface area (Å²) in [5.74, 6) is 5.25. The van der Waals surface area contributed by atoms with Gasteiger partial charge in [-0.2, -0.15) is 0 Å². The minimum atomic E-state index is 0.836. The Balaban J connectivity index is 0.000000276. The quantitative estimate of drug-likeness (QED) is 0.144. The van der Waals surface area contributed by atoms with Crippen LogP contribution in [0.1, 0.15) is 79.9 Å². The van der Waals surface area contributed by atoms with Crippen LogP contribution in [-0.2, 0) is 0 Å². The predicted molar refractivity (Wildman–Crippen MR) is 181 cm³/mol. The Hall–Kier alpha value is -3.78. The van der Waals surface area contributed by atoms with E-state index in [1.807, 2.05) is 109 Å². The van der Waals surface area contributed by atoms with Crippen molar-refractivity contribution in [3.05, 3.63) is 101 Å². The minimum absolute atomic E-state index is 0.836. The molecule has 0 aliphatic carbocycles. The third-order valence-electron chi connectivity index (χ3n) is 6.16. The standard InChI is InChI=1S/2C6H9NO.2C5H6BrNO.2C5H7NO/c2*1-4-5(2)7-8-6(4)3;2*1-3-5(6)4(2)8-7-3;2*1-4-3-5(2)7-6-4/h2*1-3H3;2*1-2H3;2*3H,1-2H3. The average molecular weight is 769 g/mol. The summed E-state index contributed by atoms with van der Waals surface area (Å²) < 4.78 is 30.7. The molecular formula is C32H44Br2N6O6. The number of hydrogen-bond acceptors (Lipinski definition) is 12. The van der Waals surface area contributed by atoms with Gasteiger partial charge in [0.15, 0.2) is 0 Å². The van der Waals surface area contributed by atoms with Gasteiger partial charge in [0, 0.05) is 23.3 Å². The number of hydrogen-bond donors (Lipinski definition) is 0. The van der Waals surface area contributed by atoms with Crippen molar-refractivity contribution in [2.24, 2.45) is 0 Å². The first kappa shape index (κ1) is 40.2. The normalized spacial score (nSPS) is 9.74. The largest absolute Gasteiger partial charge is 0.361 e. The SMILES string of the molecule is Cc1cc(C)on1.Cc1cc(C)on1.Cc1noc(C)c1Br.Cc1noc(C)c1Br.Cc1noc(C)c1C.Cc1noc(C)c1C. The summed E-state index contributed by atoms with van der Waals surface area (Å²) in [5.41, 5.74) is 7.99. The summed E-state index contributed by atoms with van der Waals surface area (Å²) >= 11 is 6.59. The van der Waals surface area contributed by atoms with Crippen LogP contribution in [-0.4, -0.2) is 30.9 Å². The molecule has 6 rings (SSSR count). The third-order valence-corrected chi connectivity index (χ3v) is 8.43. The van der Waals surface area contributed by atoms with Crippen LogP contribution >= 0.6 is 31.9 Å². The molecule has 0 saturated carbocycles. The van der Waals surface area contributed by atoms with Gasteiger partial charge in [-0.3, -0.25) is 0 Å². The van der Waals surface area contributed by atoms with Gasteiger partial charge in [-0.15, -0.1) is 0 Å². The molecule has 46 heavy (non-hydrogen) atoms. The van der Waals surface area contributed by atoms with Crippen LogP contribution in [0.15, 0.2) is 48.2 Å². The lowest BCUT2D eigenvalue weighted by atomic mass is 10.2. The van der Waals surface area contributed by atoms with Gasteiger partial charge in [0.25, 0.3) is 0 Å². The first-order valence-electron chi connectivity index (χ1n) is 14.2. The summed E-state index contributed by atoms with van der Waals surface area (Å²) in [4.78, 5) is 0. The zero-order valence-corrected chi connectivity index (χ0v) is 32.2. The highest BCUT2D eigenvalue weighted by atomic mass is 79.9. The molecule has 6 aromatic rings. The van der Waals surface area contributed by atoms with Gasteiger partial charge < -0.3 is 27.1 Å². The van der Waals surface area contributed by atoms with Gasteiger partial charge in [-0.05, 0) is 129 Å². The molecule has 0 amide bonds. The summed E-state index contributed by atoms with van der Waals surface area (Å²) in [6, 6.07) is 3.78. The molecule has 0 unspecified atom stereocenters. The molecule has 0 bridgehead atoms. The van der Waals surface area contributed by atoms with Crippen LogP contribution in [0.5, 0.6) is 0 Å². The number of nitrogens with zero attached hydrogens (tertiary/aromatic N) is 6. The Morgan fingerprint density at radius 3 is 0.717 bits per heavy atom. The van der Waals surface area contributed by atoms with Crippen molar-refractivity contribution in [3.8, 4) is 0 Å². The number of aromatic nitrogens is 6. The molecule has 0 aliphatic heterocycles. The van der Waals surface area contributed by atoms with Crippen LogP contribution in [0.3, 0.4) is 0 Å². The van der Waals surface area contributed by atoms with Gasteiger partial charge in [0.1, 0.15) is 34.6 Å². The molecule has 0 fully saturated rings. The third kappa shape index (κ3) is 14.1. The lowest BCUT2D eigenvalue weighted by Gasteiger charge is -1.80. The Bertz CT molecular complexity index is 1410. The van der Waals surface area contributed by atoms with Gasteiger partial charge >= 0.3 is 0 Å². The maximum absolute atomic E-state index is 4.84. The molecule has 252 valence electrons. The van der Waals surface area contributed by atoms with Crippen molar-refractivity contribution in [1.29, 1.82) is 0 Å². The van der Waals surface area contributed by atoms with Crippen molar-refractivity contribution in [2.75, 3.05) is 0 Å². The Morgan fingerprint density at radius 2 is 0.652 bits per heavy atom. The second kappa shape index (κ2) is 19.7. The topological polar surface area (TPSA) is 156 Å². The van der Waals surface area contributed by atoms with E-state index in [1.165, 1.54) is 0 Å². The monoisotopic (exact) mass is 766 g/mol. The highest BCUT2D eigenvalue weighted by molar-refractivity contribution is 9.10. The number of aryl methyl sites for hydroxylation is 12. The van der Waals surface area contributed by atoms with Crippen molar-refractivity contribution < 1.29 is 27.1 Å². The van der Waals surface area contributed by atoms with E-state index in [0.717, 1.165) is 88.8 Å². The summed E-state index contributed by atoms with van der Waals surface area (Å²) in [6.45, 7) is 26.8. The first-order valence-corrected chi connectivity index (χ1v) is 15.8. The molecule has 6 aromatic heterocycles. The van der Waals surface area contributed by atoms with Gasteiger partial charge in [-0.25, -0.2) is 0 Å². The lowest BCUT2D eigenvalue weighted by Crippen LogP contribution is -1.73. The van der Waals surface area contributed by atoms with E-state index in [4.69, 9.17) is 27.1 Å². The Kier molecular flexibility index (Phi) is 17.2. The molecule has 0 N–H and O–H groups in total. The number of halogens is 2. The fourth-order valence-electron chi connectivity index (χ4n) is 2.98. The lowest BCUT2D eigenvalue weighted by molar-refractivity contribution is 0.392. The van der Waals surface area contributed by atoms with Crippen LogP contribution in [0.25, 0.3) is 0 Å². The highest BCUT2D eigenvalue weighted by Gasteiger charge is 2.03. The van der Waals surface area contributed by atoms with Crippen LogP contribution in [0.2, 0.25) is 0 Å². The molecule has 0 radical (unpaired) electrons. The molecule has 0 saturated heterocycles. The fraction of sp³-hybridized carbons (Fsp3) is 0.438. The molecule has 14 heteroatoms. The molecular weight excluding hydrogens is 724 g/mol. The van der Waals surface area contributed by atoms with E-state index in [1.54, 1.807) is 0 Å². The zero-order valence-electron chi connectivity index (χ0n) is 29.0. The first-order chi connectivity index (χ1) is 21.4. The molecule has 0 spiro atoms. The van der Waals surface area contributed by atoms with Gasteiger partial charge in [-0.1, -0.05) is 30.9 Å². The van der Waals surface area contributed by atoms with Crippen molar-refractivity contribution in [2.45, 2.75) is 96.9 Å². The minimum Gasteiger partial charge on any atom is -0.361 e. The summed E-state index contributed by atoms with van der Waals surface area (Å²) in [6.07, 6.45) is 0. The molecule has 6 heterocycles. The summed E-state index contributed by atoms with van der Waals surface area (Å²) in [5, 5.41) is 22.2. The smallest absolute Gasteiger partial charge is 0.148 e. The Labute approximate surface area is 286 Å². The molecule has 0 aliphatic rings. The van der Waals surface area contributed by atoms with Crippen molar-refractivity contribution in [1.82, 2.24) is 30.9 Å². The van der Waals surface area contributed by atoms with E-state index >= 15 is 0 Å². The maximum Gasteiger partial charge on any atom is 0.148 e. The van der Waals surface area contributed by atoms with Gasteiger partial charge in [0.05, 0.1) is 43.1 Å². The van der Waals surface area contributed by atoms with Crippen LogP contribution in [0.4, 0.5) is 0 Å².